The number of aliphatic hydroxyl groups is 1. The summed E-state index contributed by atoms with van der Waals surface area (Å²) in [5, 5.41) is 11.5. The Morgan fingerprint density at radius 2 is 1.68 bits per heavy atom. The average Bonchev–Trinajstić information content (AvgIpc) is 2.90. The number of nitrogens with one attached hydrogen (secondary N) is 1. The van der Waals surface area contributed by atoms with Crippen LogP contribution in [0.1, 0.15) is 67.4 Å². The van der Waals surface area contributed by atoms with E-state index >= 15 is 0 Å². The van der Waals surface area contributed by atoms with Gasteiger partial charge in [-0.25, -0.2) is 13.8 Å². The second-order valence-electron chi connectivity index (χ2n) is 8.10. The predicted octanol–water partition coefficient (Wildman–Crippen LogP) is 5.15. The first-order chi connectivity index (χ1) is 17.8. The highest BCUT2D eigenvalue weighted by Crippen LogP contribution is 2.23. The summed E-state index contributed by atoms with van der Waals surface area (Å²) in [5.41, 5.74) is 12.2. The number of aryl methyl sites for hydroxylation is 1. The van der Waals surface area contributed by atoms with E-state index in [0.717, 1.165) is 18.4 Å². The number of amides is 1. The van der Waals surface area contributed by atoms with Crippen LogP contribution in [0.4, 0.5) is 14.6 Å². The zero-order valence-electron chi connectivity index (χ0n) is 22.1. The van der Waals surface area contributed by atoms with Crippen LogP contribution in [0, 0.1) is 18.6 Å². The zero-order valence-corrected chi connectivity index (χ0v) is 22.1. The molecule has 0 unspecified atom stereocenters. The normalized spacial score (nSPS) is 12.5. The first kappa shape index (κ1) is 31.6. The Labute approximate surface area is 218 Å². The minimum absolute atomic E-state index is 0.0359. The van der Waals surface area contributed by atoms with Gasteiger partial charge in [0.15, 0.2) is 0 Å². The van der Waals surface area contributed by atoms with Crippen molar-refractivity contribution in [1.29, 1.82) is 0 Å². The molecule has 9 heteroatoms. The highest BCUT2D eigenvalue weighted by molar-refractivity contribution is 5.95. The molecule has 1 fully saturated rings. The van der Waals surface area contributed by atoms with Crippen molar-refractivity contribution in [1.82, 2.24) is 15.3 Å². The van der Waals surface area contributed by atoms with Crippen LogP contribution in [0.3, 0.4) is 0 Å². The third kappa shape index (κ3) is 10.6. The molecule has 1 aliphatic rings. The van der Waals surface area contributed by atoms with E-state index in [1.165, 1.54) is 63.0 Å². The van der Waals surface area contributed by atoms with Crippen LogP contribution in [-0.4, -0.2) is 34.1 Å². The Kier molecular flexibility index (Phi) is 14.6. The van der Waals surface area contributed by atoms with Gasteiger partial charge in [0, 0.05) is 24.5 Å². The van der Waals surface area contributed by atoms with Gasteiger partial charge in [0.25, 0.3) is 5.91 Å². The smallest absolute Gasteiger partial charge is 0.254 e. The van der Waals surface area contributed by atoms with Crippen molar-refractivity contribution < 1.29 is 18.7 Å². The topological polar surface area (TPSA) is 127 Å². The number of aliphatic hydroxyl groups excluding tert-OH is 1. The number of halogens is 2. The van der Waals surface area contributed by atoms with Crippen LogP contribution >= 0.6 is 0 Å². The minimum atomic E-state index is -0.708. The average molecular weight is 516 g/mol. The van der Waals surface area contributed by atoms with Crippen LogP contribution in [-0.2, 0) is 6.54 Å². The molecule has 0 atom stereocenters. The van der Waals surface area contributed by atoms with Crippen LogP contribution in [0.5, 0.6) is 0 Å². The number of benzene rings is 2. The number of carbonyl (C=O) groups is 1. The van der Waals surface area contributed by atoms with Crippen molar-refractivity contribution in [2.45, 2.75) is 65.5 Å². The van der Waals surface area contributed by atoms with Gasteiger partial charge < -0.3 is 21.9 Å². The number of anilines is 1. The molecule has 0 radical (unpaired) electrons. The van der Waals surface area contributed by atoms with E-state index in [1.807, 2.05) is 13.8 Å². The van der Waals surface area contributed by atoms with Gasteiger partial charge in [0.2, 0.25) is 0 Å². The van der Waals surface area contributed by atoms with Crippen LogP contribution in [0.2, 0.25) is 0 Å². The van der Waals surface area contributed by atoms with E-state index in [0.29, 0.717) is 16.8 Å². The first-order valence-corrected chi connectivity index (χ1v) is 12.5. The molecule has 202 valence electrons. The lowest BCUT2D eigenvalue weighted by atomic mass is 9.98. The number of nitrogens with zero attached hydrogens (tertiary/aromatic N) is 2. The molecule has 0 aliphatic heterocycles. The predicted molar refractivity (Wildman–Crippen MR) is 145 cm³/mol. The van der Waals surface area contributed by atoms with Crippen molar-refractivity contribution in [2.75, 3.05) is 12.8 Å². The van der Waals surface area contributed by atoms with Gasteiger partial charge in [-0.2, -0.15) is 0 Å². The van der Waals surface area contributed by atoms with Crippen molar-refractivity contribution in [3.8, 4) is 11.3 Å². The van der Waals surface area contributed by atoms with Crippen LogP contribution in [0.15, 0.2) is 48.8 Å². The minimum Gasteiger partial charge on any atom is -0.393 e. The number of nitrogens with two attached hydrogens (primary N) is 2. The Balaban J connectivity index is 0.000000525. The standard InChI is InChI=1S/C19H16F2N4O.C6H12O.C2H6.CH5N/c1-11-6-12(8-14(20)7-11)10-25-19(26)15-3-2-13(9-16(15)21)17-18(22)24-5-4-23-17;7-6-4-2-1-3-5-6;2*1-2/h2-9H,10H2,1H3,(H2,22,24)(H,25,26);6-7H,1-5H2;1-2H3;2H2,1H3. The van der Waals surface area contributed by atoms with Gasteiger partial charge in [-0.15, -0.1) is 0 Å². The molecule has 1 amide bonds. The summed E-state index contributed by atoms with van der Waals surface area (Å²) < 4.78 is 27.7. The number of nitrogen functional groups attached to an aromatic ring is 1. The van der Waals surface area contributed by atoms with E-state index in [4.69, 9.17) is 10.8 Å². The van der Waals surface area contributed by atoms with Gasteiger partial charge >= 0.3 is 0 Å². The highest BCUT2D eigenvalue weighted by atomic mass is 19.1. The maximum atomic E-state index is 14.4. The monoisotopic (exact) mass is 515 g/mol. The Bertz CT molecular complexity index is 1090. The second-order valence-corrected chi connectivity index (χ2v) is 8.10. The van der Waals surface area contributed by atoms with Crippen molar-refractivity contribution in [3.63, 3.8) is 0 Å². The molecule has 37 heavy (non-hydrogen) atoms. The lowest BCUT2D eigenvalue weighted by molar-refractivity contribution is 0.0946. The Morgan fingerprint density at radius 1 is 1.03 bits per heavy atom. The first-order valence-electron chi connectivity index (χ1n) is 12.5. The fourth-order valence-electron chi connectivity index (χ4n) is 3.69. The van der Waals surface area contributed by atoms with Crippen molar-refractivity contribution in [2.24, 2.45) is 5.73 Å². The van der Waals surface area contributed by atoms with Gasteiger partial charge in [-0.05, 0) is 62.2 Å². The summed E-state index contributed by atoms with van der Waals surface area (Å²) in [6.07, 6.45) is 8.81. The molecule has 0 saturated heterocycles. The number of hydrogen-bond acceptors (Lipinski definition) is 6. The molecule has 7 nitrogen and oxygen atoms in total. The summed E-state index contributed by atoms with van der Waals surface area (Å²) >= 11 is 0. The molecule has 0 bridgehead atoms. The van der Waals surface area contributed by atoms with E-state index < -0.39 is 11.7 Å². The fourth-order valence-corrected chi connectivity index (χ4v) is 3.69. The zero-order chi connectivity index (χ0) is 27.8. The van der Waals surface area contributed by atoms with Crippen LogP contribution < -0.4 is 16.8 Å². The number of hydrogen-bond donors (Lipinski definition) is 4. The number of carbonyl (C=O) groups excluding carboxylic acids is 1. The molecule has 2 aromatic carbocycles. The third-order valence-corrected chi connectivity index (χ3v) is 5.34. The Hall–Kier alpha value is -3.43. The quantitative estimate of drug-likeness (QED) is 0.380. The van der Waals surface area contributed by atoms with E-state index in [9.17, 15) is 13.6 Å². The lowest BCUT2D eigenvalue weighted by Gasteiger charge is -2.14. The summed E-state index contributed by atoms with van der Waals surface area (Å²) in [6.45, 7) is 5.85. The lowest BCUT2D eigenvalue weighted by Crippen LogP contribution is -2.24. The van der Waals surface area contributed by atoms with Crippen molar-refractivity contribution in [3.05, 3.63) is 77.1 Å². The molecule has 0 spiro atoms. The summed E-state index contributed by atoms with van der Waals surface area (Å²) in [7, 11) is 1.50. The maximum absolute atomic E-state index is 14.4. The summed E-state index contributed by atoms with van der Waals surface area (Å²) in [4.78, 5) is 20.2. The van der Waals surface area contributed by atoms with Gasteiger partial charge in [-0.1, -0.05) is 45.2 Å². The van der Waals surface area contributed by atoms with E-state index in [-0.39, 0.29) is 29.8 Å². The number of rotatable bonds is 4. The molecule has 1 aliphatic carbocycles. The molecule has 6 N–H and O–H groups in total. The van der Waals surface area contributed by atoms with E-state index in [1.54, 1.807) is 19.1 Å². The molecule has 1 heterocycles. The van der Waals surface area contributed by atoms with Gasteiger partial charge in [0.1, 0.15) is 23.1 Å². The molecular weight excluding hydrogens is 476 g/mol. The van der Waals surface area contributed by atoms with Crippen LogP contribution in [0.25, 0.3) is 11.3 Å². The molecule has 3 aromatic rings. The third-order valence-electron chi connectivity index (χ3n) is 5.34. The second kappa shape index (κ2) is 17.1. The van der Waals surface area contributed by atoms with E-state index in [2.05, 4.69) is 21.0 Å². The fraction of sp³-hybridized carbons (Fsp3) is 0.393. The Morgan fingerprint density at radius 3 is 2.22 bits per heavy atom. The summed E-state index contributed by atoms with van der Waals surface area (Å²) in [6, 6.07) is 8.54. The maximum Gasteiger partial charge on any atom is 0.254 e. The highest BCUT2D eigenvalue weighted by Gasteiger charge is 2.14. The summed E-state index contributed by atoms with van der Waals surface area (Å²) in [5.74, 6) is -1.51. The molecule has 1 saturated carbocycles. The van der Waals surface area contributed by atoms with Gasteiger partial charge in [0.05, 0.1) is 11.7 Å². The van der Waals surface area contributed by atoms with Crippen molar-refractivity contribution >= 4 is 11.7 Å². The molecular formula is C28H39F2N5O2. The SMILES string of the molecule is CC.CN.Cc1cc(F)cc(CNC(=O)c2ccc(-c3nccnc3N)cc2F)c1.OC1CCCCC1. The van der Waals surface area contributed by atoms with Gasteiger partial charge in [-0.3, -0.25) is 9.78 Å². The molecule has 4 rings (SSSR count). The largest absolute Gasteiger partial charge is 0.393 e. The number of aromatic nitrogens is 2. The molecule has 1 aromatic heterocycles.